The van der Waals surface area contributed by atoms with E-state index in [-0.39, 0.29) is 6.04 Å². The fraction of sp³-hybridized carbons (Fsp3) is 0.385. The SMILES string of the molecule is Cc1ncc2c(n1)CCC[C@@H]2NS(=O)(=O)c1cccs1. The molecule has 0 bridgehead atoms. The molecule has 2 aromatic heterocycles. The molecule has 7 heteroatoms. The molecule has 0 amide bonds. The van der Waals surface area contributed by atoms with Gasteiger partial charge in [-0.2, -0.15) is 0 Å². The maximum atomic E-state index is 12.3. The first-order valence-electron chi connectivity index (χ1n) is 6.44. The maximum Gasteiger partial charge on any atom is 0.250 e. The monoisotopic (exact) mass is 309 g/mol. The Morgan fingerprint density at radius 1 is 1.45 bits per heavy atom. The summed E-state index contributed by atoms with van der Waals surface area (Å²) >= 11 is 1.22. The molecule has 5 nitrogen and oxygen atoms in total. The number of nitrogens with one attached hydrogen (secondary N) is 1. The summed E-state index contributed by atoms with van der Waals surface area (Å²) in [7, 11) is -3.46. The predicted octanol–water partition coefficient (Wildman–Crippen LogP) is 2.20. The van der Waals surface area contributed by atoms with Gasteiger partial charge in [-0.1, -0.05) is 6.07 Å². The van der Waals surface area contributed by atoms with Gasteiger partial charge < -0.3 is 0 Å². The smallest absolute Gasteiger partial charge is 0.241 e. The first-order chi connectivity index (χ1) is 9.56. The normalized spacial score (nSPS) is 18.8. The first-order valence-corrected chi connectivity index (χ1v) is 8.81. The molecular formula is C13H15N3O2S2. The van der Waals surface area contributed by atoms with E-state index in [1.54, 1.807) is 23.7 Å². The highest BCUT2D eigenvalue weighted by Crippen LogP contribution is 2.30. The Hall–Kier alpha value is -1.31. The fourth-order valence-electron chi connectivity index (χ4n) is 2.43. The van der Waals surface area contributed by atoms with Gasteiger partial charge in [-0.25, -0.2) is 23.1 Å². The van der Waals surface area contributed by atoms with E-state index in [0.717, 1.165) is 36.3 Å². The second-order valence-corrected chi connectivity index (χ2v) is 7.71. The summed E-state index contributed by atoms with van der Waals surface area (Å²) in [6, 6.07) is 3.12. The van der Waals surface area contributed by atoms with Crippen molar-refractivity contribution in [2.45, 2.75) is 36.4 Å². The lowest BCUT2D eigenvalue weighted by atomic mass is 9.93. The average molecular weight is 309 g/mol. The van der Waals surface area contributed by atoms with Crippen LogP contribution in [0.5, 0.6) is 0 Å². The molecule has 0 saturated heterocycles. The van der Waals surface area contributed by atoms with Crippen molar-refractivity contribution < 1.29 is 8.42 Å². The number of sulfonamides is 1. The van der Waals surface area contributed by atoms with E-state index in [2.05, 4.69) is 14.7 Å². The van der Waals surface area contributed by atoms with Gasteiger partial charge in [0.1, 0.15) is 10.0 Å². The molecule has 2 heterocycles. The highest BCUT2D eigenvalue weighted by molar-refractivity contribution is 7.91. The van der Waals surface area contributed by atoms with E-state index in [0.29, 0.717) is 4.21 Å². The van der Waals surface area contributed by atoms with E-state index < -0.39 is 10.0 Å². The number of nitrogens with zero attached hydrogens (tertiary/aromatic N) is 2. The van der Waals surface area contributed by atoms with Crippen molar-refractivity contribution >= 4 is 21.4 Å². The molecule has 106 valence electrons. The third-order valence-corrected chi connectivity index (χ3v) is 6.23. The van der Waals surface area contributed by atoms with Crippen LogP contribution in [0.15, 0.2) is 27.9 Å². The van der Waals surface area contributed by atoms with Crippen LogP contribution in [0, 0.1) is 6.92 Å². The number of thiophene rings is 1. The maximum absolute atomic E-state index is 12.3. The summed E-state index contributed by atoms with van der Waals surface area (Å²) in [6.45, 7) is 1.85. The lowest BCUT2D eigenvalue weighted by Crippen LogP contribution is -2.31. The molecule has 0 fully saturated rings. The summed E-state index contributed by atoms with van der Waals surface area (Å²) in [4.78, 5) is 8.61. The number of hydrogen-bond acceptors (Lipinski definition) is 5. The van der Waals surface area contributed by atoms with E-state index >= 15 is 0 Å². The van der Waals surface area contributed by atoms with Gasteiger partial charge in [0.05, 0.1) is 6.04 Å². The lowest BCUT2D eigenvalue weighted by Gasteiger charge is -2.24. The van der Waals surface area contributed by atoms with Crippen LogP contribution in [0.3, 0.4) is 0 Å². The van der Waals surface area contributed by atoms with Crippen molar-refractivity contribution in [3.63, 3.8) is 0 Å². The molecule has 20 heavy (non-hydrogen) atoms. The molecular weight excluding hydrogens is 294 g/mol. The van der Waals surface area contributed by atoms with Crippen molar-refractivity contribution in [2.24, 2.45) is 0 Å². The van der Waals surface area contributed by atoms with Crippen molar-refractivity contribution in [1.82, 2.24) is 14.7 Å². The Bertz CT molecular complexity index is 711. The van der Waals surface area contributed by atoms with Crippen molar-refractivity contribution in [2.75, 3.05) is 0 Å². The first kappa shape index (κ1) is 13.7. The van der Waals surface area contributed by atoms with Gasteiger partial charge in [0.25, 0.3) is 10.0 Å². The van der Waals surface area contributed by atoms with Crippen molar-refractivity contribution in [3.8, 4) is 0 Å². The molecule has 1 aliphatic carbocycles. The van der Waals surface area contributed by atoms with Crippen LogP contribution >= 0.6 is 11.3 Å². The standard InChI is InChI=1S/C13H15N3O2S2/c1-9-14-8-10-11(15-9)4-2-5-12(10)16-20(17,18)13-6-3-7-19-13/h3,6-8,12,16H,2,4-5H2,1H3/t12-/m0/s1. The Morgan fingerprint density at radius 2 is 2.30 bits per heavy atom. The molecule has 0 saturated carbocycles. The van der Waals surface area contributed by atoms with Crippen LogP contribution in [0.1, 0.15) is 36.0 Å². The van der Waals surface area contributed by atoms with Crippen LogP contribution < -0.4 is 4.72 Å². The minimum Gasteiger partial charge on any atom is -0.241 e. The molecule has 0 aromatic carbocycles. The average Bonchev–Trinajstić information content (AvgIpc) is 2.93. The lowest BCUT2D eigenvalue weighted by molar-refractivity contribution is 0.500. The second kappa shape index (κ2) is 5.23. The molecule has 0 unspecified atom stereocenters. The molecule has 2 aromatic rings. The Balaban J connectivity index is 1.90. The quantitative estimate of drug-likeness (QED) is 0.943. The molecule has 0 radical (unpaired) electrons. The molecule has 0 aliphatic heterocycles. The van der Waals surface area contributed by atoms with Crippen LogP contribution in [0.25, 0.3) is 0 Å². The Morgan fingerprint density at radius 3 is 3.05 bits per heavy atom. The number of rotatable bonds is 3. The fourth-order valence-corrected chi connectivity index (χ4v) is 4.69. The van der Waals surface area contributed by atoms with Crippen LogP contribution in [-0.4, -0.2) is 18.4 Å². The Labute approximate surface area is 122 Å². The van der Waals surface area contributed by atoms with E-state index in [9.17, 15) is 8.42 Å². The highest BCUT2D eigenvalue weighted by atomic mass is 32.2. The summed E-state index contributed by atoms with van der Waals surface area (Å²) in [5.41, 5.74) is 1.87. The molecule has 0 spiro atoms. The summed E-state index contributed by atoms with van der Waals surface area (Å²) in [5.74, 6) is 0.727. The zero-order chi connectivity index (χ0) is 14.2. The summed E-state index contributed by atoms with van der Waals surface area (Å²) < 4.78 is 27.7. The van der Waals surface area contributed by atoms with E-state index in [1.807, 2.05) is 6.92 Å². The van der Waals surface area contributed by atoms with Gasteiger partial charge in [0, 0.05) is 17.5 Å². The van der Waals surface area contributed by atoms with Gasteiger partial charge in [-0.05, 0) is 37.6 Å². The zero-order valence-electron chi connectivity index (χ0n) is 11.0. The summed E-state index contributed by atoms with van der Waals surface area (Å²) in [6.07, 6.45) is 4.35. The summed E-state index contributed by atoms with van der Waals surface area (Å²) in [5, 5.41) is 1.76. The minimum absolute atomic E-state index is 0.230. The number of aromatic nitrogens is 2. The minimum atomic E-state index is -3.46. The van der Waals surface area contributed by atoms with Crippen LogP contribution in [0.2, 0.25) is 0 Å². The molecule has 1 N–H and O–H groups in total. The molecule has 3 rings (SSSR count). The molecule has 1 atom stereocenters. The number of aryl methyl sites for hydroxylation is 2. The third-order valence-electron chi connectivity index (χ3n) is 3.36. The van der Waals surface area contributed by atoms with Gasteiger partial charge >= 0.3 is 0 Å². The topological polar surface area (TPSA) is 72.0 Å². The van der Waals surface area contributed by atoms with Gasteiger partial charge in [0.15, 0.2) is 0 Å². The zero-order valence-corrected chi connectivity index (χ0v) is 12.7. The van der Waals surface area contributed by atoms with Gasteiger partial charge in [0.2, 0.25) is 0 Å². The van der Waals surface area contributed by atoms with Crippen molar-refractivity contribution in [3.05, 3.63) is 40.8 Å². The van der Waals surface area contributed by atoms with Crippen LogP contribution in [-0.2, 0) is 16.4 Å². The Kier molecular flexibility index (Phi) is 3.57. The largest absolute Gasteiger partial charge is 0.250 e. The van der Waals surface area contributed by atoms with Gasteiger partial charge in [-0.15, -0.1) is 11.3 Å². The van der Waals surface area contributed by atoms with Crippen molar-refractivity contribution in [1.29, 1.82) is 0 Å². The predicted molar refractivity (Wildman–Crippen MR) is 77.1 cm³/mol. The number of fused-ring (bicyclic) bond motifs is 1. The number of hydrogen-bond donors (Lipinski definition) is 1. The van der Waals surface area contributed by atoms with Crippen LogP contribution in [0.4, 0.5) is 0 Å². The van der Waals surface area contributed by atoms with Gasteiger partial charge in [-0.3, -0.25) is 0 Å². The highest BCUT2D eigenvalue weighted by Gasteiger charge is 2.27. The second-order valence-electron chi connectivity index (χ2n) is 4.82. The molecule has 1 aliphatic rings. The van der Waals surface area contributed by atoms with E-state index in [4.69, 9.17) is 0 Å². The third kappa shape index (κ3) is 2.61. The van der Waals surface area contributed by atoms with E-state index in [1.165, 1.54) is 11.3 Å².